The van der Waals surface area contributed by atoms with Crippen molar-refractivity contribution in [2.24, 2.45) is 0 Å². The Balaban J connectivity index is 1.92. The van der Waals surface area contributed by atoms with Crippen molar-refractivity contribution in [2.45, 2.75) is 38.3 Å². The Bertz CT molecular complexity index is 232. The van der Waals surface area contributed by atoms with Gasteiger partial charge < -0.3 is 10.6 Å². The maximum atomic E-state index is 11.5. The molecule has 0 radical (unpaired) electrons. The molecular formula is C11H21N3O. The van der Waals surface area contributed by atoms with Crippen LogP contribution in [0.3, 0.4) is 0 Å². The summed E-state index contributed by atoms with van der Waals surface area (Å²) < 4.78 is 0. The van der Waals surface area contributed by atoms with Gasteiger partial charge in [-0.1, -0.05) is 0 Å². The fraction of sp³-hybridized carbons (Fsp3) is 0.909. The van der Waals surface area contributed by atoms with Crippen molar-refractivity contribution in [3.05, 3.63) is 0 Å². The summed E-state index contributed by atoms with van der Waals surface area (Å²) in [6.07, 6.45) is 2.97. The van der Waals surface area contributed by atoms with E-state index >= 15 is 0 Å². The van der Waals surface area contributed by atoms with Crippen LogP contribution in [0.4, 0.5) is 0 Å². The summed E-state index contributed by atoms with van der Waals surface area (Å²) in [6.45, 7) is 6.29. The van der Waals surface area contributed by atoms with Gasteiger partial charge in [0.05, 0.1) is 0 Å². The first-order valence-electron chi connectivity index (χ1n) is 6.00. The van der Waals surface area contributed by atoms with E-state index in [0.29, 0.717) is 18.5 Å². The molecule has 2 atom stereocenters. The van der Waals surface area contributed by atoms with E-state index in [0.717, 1.165) is 39.0 Å². The standard InChI is InChI=1S/C11H21N3O/c1-9-8-14(6-5-12-9)10-3-2-4-13-11(15)7-10/h9-10,12H,2-8H2,1H3,(H,13,15). The Kier molecular flexibility index (Phi) is 3.59. The first kappa shape index (κ1) is 10.9. The molecule has 15 heavy (non-hydrogen) atoms. The predicted molar refractivity (Wildman–Crippen MR) is 59.7 cm³/mol. The summed E-state index contributed by atoms with van der Waals surface area (Å²) in [5.41, 5.74) is 0. The monoisotopic (exact) mass is 211 g/mol. The van der Waals surface area contributed by atoms with Crippen molar-refractivity contribution in [2.75, 3.05) is 26.2 Å². The van der Waals surface area contributed by atoms with Crippen LogP contribution in [0.25, 0.3) is 0 Å². The Labute approximate surface area is 91.4 Å². The number of hydrogen-bond acceptors (Lipinski definition) is 3. The summed E-state index contributed by atoms with van der Waals surface area (Å²) in [5, 5.41) is 6.38. The number of hydrogen-bond donors (Lipinski definition) is 2. The van der Waals surface area contributed by atoms with Crippen LogP contribution >= 0.6 is 0 Å². The van der Waals surface area contributed by atoms with Crippen molar-refractivity contribution in [3.63, 3.8) is 0 Å². The topological polar surface area (TPSA) is 44.4 Å². The number of amides is 1. The molecule has 2 unspecified atom stereocenters. The van der Waals surface area contributed by atoms with Gasteiger partial charge in [0.2, 0.25) is 5.91 Å². The van der Waals surface area contributed by atoms with Gasteiger partial charge in [-0.25, -0.2) is 0 Å². The molecular weight excluding hydrogens is 190 g/mol. The number of nitrogens with one attached hydrogen (secondary N) is 2. The molecule has 4 heteroatoms. The van der Waals surface area contributed by atoms with Gasteiger partial charge in [-0.05, 0) is 19.8 Å². The van der Waals surface area contributed by atoms with Crippen molar-refractivity contribution in [1.82, 2.24) is 15.5 Å². The van der Waals surface area contributed by atoms with Gasteiger partial charge in [0.1, 0.15) is 0 Å². The normalized spacial score (nSPS) is 34.6. The number of nitrogens with zero attached hydrogens (tertiary/aromatic N) is 1. The first-order valence-corrected chi connectivity index (χ1v) is 6.00. The van der Waals surface area contributed by atoms with E-state index in [1.165, 1.54) is 0 Å². The summed E-state index contributed by atoms with van der Waals surface area (Å²) in [4.78, 5) is 13.9. The van der Waals surface area contributed by atoms with Crippen molar-refractivity contribution >= 4 is 5.91 Å². The van der Waals surface area contributed by atoms with Gasteiger partial charge in [0, 0.05) is 44.7 Å². The average molecular weight is 211 g/mol. The summed E-state index contributed by atoms with van der Waals surface area (Å²) >= 11 is 0. The van der Waals surface area contributed by atoms with E-state index in [2.05, 4.69) is 22.5 Å². The fourth-order valence-corrected chi connectivity index (χ4v) is 2.56. The lowest BCUT2D eigenvalue weighted by atomic mass is 10.1. The molecule has 2 aliphatic heterocycles. The van der Waals surface area contributed by atoms with Crippen LogP contribution in [0.15, 0.2) is 0 Å². The SMILES string of the molecule is CC1CN(C2CCCNC(=O)C2)CCN1. The van der Waals surface area contributed by atoms with Gasteiger partial charge in [-0.2, -0.15) is 0 Å². The fourth-order valence-electron chi connectivity index (χ4n) is 2.56. The summed E-state index contributed by atoms with van der Waals surface area (Å²) in [5.74, 6) is 0.226. The van der Waals surface area contributed by atoms with Crippen LogP contribution in [0.2, 0.25) is 0 Å². The number of rotatable bonds is 1. The second kappa shape index (κ2) is 4.94. The smallest absolute Gasteiger partial charge is 0.221 e. The second-order valence-electron chi connectivity index (χ2n) is 4.70. The third-order valence-corrected chi connectivity index (χ3v) is 3.37. The Hall–Kier alpha value is -0.610. The quantitative estimate of drug-likeness (QED) is 0.639. The van der Waals surface area contributed by atoms with Crippen molar-refractivity contribution < 1.29 is 4.79 Å². The van der Waals surface area contributed by atoms with E-state index in [1.54, 1.807) is 0 Å². The number of piperazine rings is 1. The molecule has 2 aliphatic rings. The highest BCUT2D eigenvalue weighted by Crippen LogP contribution is 2.15. The van der Waals surface area contributed by atoms with Crippen LogP contribution in [0, 0.1) is 0 Å². The summed E-state index contributed by atoms with van der Waals surface area (Å²) in [7, 11) is 0. The molecule has 4 nitrogen and oxygen atoms in total. The molecule has 0 bridgehead atoms. The minimum absolute atomic E-state index is 0.226. The van der Waals surface area contributed by atoms with E-state index in [1.807, 2.05) is 0 Å². The zero-order valence-electron chi connectivity index (χ0n) is 9.46. The third kappa shape index (κ3) is 2.92. The molecule has 2 fully saturated rings. The zero-order chi connectivity index (χ0) is 10.7. The maximum absolute atomic E-state index is 11.5. The van der Waals surface area contributed by atoms with Crippen LogP contribution in [-0.2, 0) is 4.79 Å². The molecule has 0 saturated carbocycles. The van der Waals surface area contributed by atoms with E-state index in [-0.39, 0.29) is 5.91 Å². The van der Waals surface area contributed by atoms with E-state index in [4.69, 9.17) is 0 Å². The van der Waals surface area contributed by atoms with Gasteiger partial charge in [-0.3, -0.25) is 9.69 Å². The van der Waals surface area contributed by atoms with E-state index in [9.17, 15) is 4.79 Å². The largest absolute Gasteiger partial charge is 0.356 e. The highest BCUT2D eigenvalue weighted by atomic mass is 16.1. The number of carbonyl (C=O) groups is 1. The molecule has 2 saturated heterocycles. The van der Waals surface area contributed by atoms with Gasteiger partial charge in [0.15, 0.2) is 0 Å². The van der Waals surface area contributed by atoms with Crippen LogP contribution in [0.5, 0.6) is 0 Å². The highest BCUT2D eigenvalue weighted by Gasteiger charge is 2.26. The van der Waals surface area contributed by atoms with Crippen molar-refractivity contribution in [1.29, 1.82) is 0 Å². The lowest BCUT2D eigenvalue weighted by Gasteiger charge is -2.37. The Morgan fingerprint density at radius 1 is 1.40 bits per heavy atom. The van der Waals surface area contributed by atoms with Gasteiger partial charge in [0.25, 0.3) is 0 Å². The molecule has 0 aromatic rings. The molecule has 0 spiro atoms. The van der Waals surface area contributed by atoms with Gasteiger partial charge >= 0.3 is 0 Å². The highest BCUT2D eigenvalue weighted by molar-refractivity contribution is 5.76. The molecule has 1 amide bonds. The first-order chi connectivity index (χ1) is 7.25. The molecule has 0 aliphatic carbocycles. The second-order valence-corrected chi connectivity index (χ2v) is 4.70. The molecule has 2 rings (SSSR count). The Morgan fingerprint density at radius 3 is 3.07 bits per heavy atom. The molecule has 0 aromatic heterocycles. The molecule has 2 heterocycles. The molecule has 86 valence electrons. The average Bonchev–Trinajstić information content (AvgIpc) is 2.43. The number of carbonyl (C=O) groups excluding carboxylic acids is 1. The lowest BCUT2D eigenvalue weighted by molar-refractivity contribution is -0.121. The van der Waals surface area contributed by atoms with Crippen LogP contribution < -0.4 is 10.6 Å². The minimum Gasteiger partial charge on any atom is -0.356 e. The van der Waals surface area contributed by atoms with Crippen LogP contribution in [0.1, 0.15) is 26.2 Å². The lowest BCUT2D eigenvalue weighted by Crippen LogP contribution is -2.53. The van der Waals surface area contributed by atoms with E-state index < -0.39 is 0 Å². The maximum Gasteiger partial charge on any atom is 0.221 e. The molecule has 2 N–H and O–H groups in total. The summed E-state index contributed by atoms with van der Waals surface area (Å²) in [6, 6.07) is 1.03. The van der Waals surface area contributed by atoms with Crippen molar-refractivity contribution in [3.8, 4) is 0 Å². The Morgan fingerprint density at radius 2 is 2.27 bits per heavy atom. The minimum atomic E-state index is 0.226. The van der Waals surface area contributed by atoms with Gasteiger partial charge in [-0.15, -0.1) is 0 Å². The van der Waals surface area contributed by atoms with Crippen LogP contribution in [-0.4, -0.2) is 49.1 Å². The predicted octanol–water partition coefficient (Wildman–Crippen LogP) is -0.0512. The molecule has 0 aromatic carbocycles. The zero-order valence-corrected chi connectivity index (χ0v) is 9.46. The third-order valence-electron chi connectivity index (χ3n) is 3.37.